The molecule has 144 valence electrons. The van der Waals surface area contributed by atoms with Crippen molar-refractivity contribution in [1.29, 1.82) is 0 Å². The summed E-state index contributed by atoms with van der Waals surface area (Å²) in [6.45, 7) is 3.81. The summed E-state index contributed by atoms with van der Waals surface area (Å²) in [5, 5.41) is 15.5. The Labute approximate surface area is 161 Å². The third-order valence-electron chi connectivity index (χ3n) is 5.45. The molecule has 3 heterocycles. The highest BCUT2D eigenvalue weighted by Crippen LogP contribution is 2.27. The van der Waals surface area contributed by atoms with E-state index in [0.29, 0.717) is 37.1 Å². The number of rotatable bonds is 4. The van der Waals surface area contributed by atoms with Gasteiger partial charge in [0.25, 0.3) is 5.91 Å². The Balaban J connectivity index is 1.42. The fourth-order valence-electron chi connectivity index (χ4n) is 4.11. The molecule has 0 spiro atoms. The molecule has 1 aliphatic carbocycles. The van der Waals surface area contributed by atoms with E-state index in [4.69, 9.17) is 0 Å². The van der Waals surface area contributed by atoms with Gasteiger partial charge >= 0.3 is 0 Å². The molecule has 1 aliphatic heterocycles. The normalized spacial score (nSPS) is 23.3. The summed E-state index contributed by atoms with van der Waals surface area (Å²) in [7, 11) is 0. The van der Waals surface area contributed by atoms with Gasteiger partial charge < -0.3 is 15.4 Å². The average molecular weight is 388 g/mol. The average Bonchev–Trinajstić information content (AvgIpc) is 3.25. The predicted molar refractivity (Wildman–Crippen MR) is 102 cm³/mol. The van der Waals surface area contributed by atoms with Crippen molar-refractivity contribution in [3.05, 3.63) is 39.1 Å². The van der Waals surface area contributed by atoms with Crippen LogP contribution in [0.4, 0.5) is 0 Å². The van der Waals surface area contributed by atoms with Crippen molar-refractivity contribution in [2.75, 3.05) is 13.1 Å². The molecule has 27 heavy (non-hydrogen) atoms. The number of aromatic amines is 1. The van der Waals surface area contributed by atoms with Crippen LogP contribution in [-0.2, 0) is 13.0 Å². The zero-order valence-corrected chi connectivity index (χ0v) is 16.1. The van der Waals surface area contributed by atoms with Gasteiger partial charge in [0.1, 0.15) is 0 Å². The monoisotopic (exact) mass is 388 g/mol. The number of Topliss-reactive ketones (excluding diaryl/α,β-unsaturated/α-hetero) is 1. The molecule has 0 radical (unpaired) electrons. The zero-order valence-electron chi connectivity index (χ0n) is 15.3. The van der Waals surface area contributed by atoms with E-state index in [0.717, 1.165) is 36.5 Å². The van der Waals surface area contributed by atoms with E-state index in [9.17, 15) is 14.7 Å². The Morgan fingerprint density at radius 3 is 3.07 bits per heavy atom. The lowest BCUT2D eigenvalue weighted by Gasteiger charge is -2.36. The third kappa shape index (κ3) is 3.69. The minimum Gasteiger partial charge on any atom is -0.390 e. The Kier molecular flexibility index (Phi) is 5.12. The SMILES string of the molecule is Cc1[nH]c2c(c1C(=O)N[C@@H]1CCN(Cc3cscn3)C[C@H]1O)C(=O)CCC2. The van der Waals surface area contributed by atoms with E-state index in [-0.39, 0.29) is 17.7 Å². The highest BCUT2D eigenvalue weighted by atomic mass is 32.1. The summed E-state index contributed by atoms with van der Waals surface area (Å²) in [5.74, 6) is -0.235. The van der Waals surface area contributed by atoms with Crippen LogP contribution in [0.2, 0.25) is 0 Å². The molecule has 0 unspecified atom stereocenters. The number of nitrogens with zero attached hydrogens (tertiary/aromatic N) is 2. The fourth-order valence-corrected chi connectivity index (χ4v) is 4.66. The van der Waals surface area contributed by atoms with E-state index in [1.165, 1.54) is 0 Å². The molecular formula is C19H24N4O3S. The van der Waals surface area contributed by atoms with Gasteiger partial charge in [-0.05, 0) is 26.2 Å². The molecule has 2 aromatic heterocycles. The van der Waals surface area contributed by atoms with E-state index >= 15 is 0 Å². The van der Waals surface area contributed by atoms with Gasteiger partial charge in [-0.15, -0.1) is 11.3 Å². The number of aromatic nitrogens is 2. The first kappa shape index (κ1) is 18.3. The number of β-amino-alcohol motifs (C(OH)–C–C–N with tert-alkyl or cyclic N) is 1. The first-order valence-corrected chi connectivity index (χ1v) is 10.3. The lowest BCUT2D eigenvalue weighted by molar-refractivity contribution is 0.0345. The Morgan fingerprint density at radius 1 is 1.48 bits per heavy atom. The van der Waals surface area contributed by atoms with Crippen molar-refractivity contribution < 1.29 is 14.7 Å². The largest absolute Gasteiger partial charge is 0.390 e. The molecule has 3 N–H and O–H groups in total. The zero-order chi connectivity index (χ0) is 19.0. The first-order chi connectivity index (χ1) is 13.0. The van der Waals surface area contributed by atoms with Gasteiger partial charge in [-0.1, -0.05) is 0 Å². The number of aliphatic hydroxyl groups is 1. The molecule has 2 aliphatic rings. The standard InChI is InChI=1S/C19H24N4O3S/c1-11-17(18-14(21-11)3-2-4-15(18)24)19(26)22-13-5-6-23(8-16(13)25)7-12-9-27-10-20-12/h9-10,13,16,21,25H,2-8H2,1H3,(H,22,26)/t13-,16-/m1/s1. The number of piperidine rings is 1. The number of amides is 1. The number of ketones is 1. The Hall–Kier alpha value is -2.03. The van der Waals surface area contributed by atoms with Gasteiger partial charge in [-0.25, -0.2) is 4.98 Å². The van der Waals surface area contributed by atoms with Crippen molar-refractivity contribution in [3.63, 3.8) is 0 Å². The van der Waals surface area contributed by atoms with Gasteiger partial charge in [0, 0.05) is 42.8 Å². The number of hydrogen-bond acceptors (Lipinski definition) is 6. The van der Waals surface area contributed by atoms with Crippen molar-refractivity contribution >= 4 is 23.0 Å². The summed E-state index contributed by atoms with van der Waals surface area (Å²) < 4.78 is 0. The van der Waals surface area contributed by atoms with Gasteiger partial charge in [0.15, 0.2) is 5.78 Å². The number of H-pyrrole nitrogens is 1. The molecule has 1 fully saturated rings. The lowest BCUT2D eigenvalue weighted by atomic mass is 9.92. The highest BCUT2D eigenvalue weighted by Gasteiger charge is 2.33. The first-order valence-electron chi connectivity index (χ1n) is 9.36. The Morgan fingerprint density at radius 2 is 2.33 bits per heavy atom. The maximum absolute atomic E-state index is 12.9. The molecule has 1 saturated heterocycles. The molecule has 0 aromatic carbocycles. The van der Waals surface area contributed by atoms with E-state index in [2.05, 4.69) is 20.2 Å². The molecular weight excluding hydrogens is 364 g/mol. The summed E-state index contributed by atoms with van der Waals surface area (Å²) >= 11 is 1.56. The van der Waals surface area contributed by atoms with E-state index in [1.807, 2.05) is 12.3 Å². The molecule has 2 aromatic rings. The highest BCUT2D eigenvalue weighted by molar-refractivity contribution is 7.07. The fraction of sp³-hybridized carbons (Fsp3) is 0.526. The van der Waals surface area contributed by atoms with Crippen LogP contribution in [0.5, 0.6) is 0 Å². The third-order valence-corrected chi connectivity index (χ3v) is 6.09. The molecule has 7 nitrogen and oxygen atoms in total. The number of hydrogen-bond donors (Lipinski definition) is 3. The Bertz CT molecular complexity index is 846. The number of carbonyl (C=O) groups is 2. The van der Waals surface area contributed by atoms with Crippen LogP contribution in [0, 0.1) is 6.92 Å². The number of aliphatic hydroxyl groups excluding tert-OH is 1. The number of fused-ring (bicyclic) bond motifs is 1. The summed E-state index contributed by atoms with van der Waals surface area (Å²) in [5.41, 5.74) is 5.40. The van der Waals surface area contributed by atoms with E-state index < -0.39 is 6.10 Å². The number of likely N-dealkylation sites (tertiary alicyclic amines) is 1. The molecule has 8 heteroatoms. The van der Waals surface area contributed by atoms with Gasteiger partial charge in [0.2, 0.25) is 0 Å². The molecule has 2 atom stereocenters. The summed E-state index contributed by atoms with van der Waals surface area (Å²) in [4.78, 5) is 34.8. The number of nitrogens with one attached hydrogen (secondary N) is 2. The quantitative estimate of drug-likeness (QED) is 0.740. The second kappa shape index (κ2) is 7.53. The smallest absolute Gasteiger partial charge is 0.254 e. The maximum atomic E-state index is 12.9. The molecule has 4 rings (SSSR count). The number of aryl methyl sites for hydroxylation is 2. The van der Waals surface area contributed by atoms with Crippen LogP contribution in [0.15, 0.2) is 10.9 Å². The molecule has 1 amide bonds. The van der Waals surface area contributed by atoms with Crippen molar-refractivity contribution in [1.82, 2.24) is 20.2 Å². The lowest BCUT2D eigenvalue weighted by Crippen LogP contribution is -2.54. The van der Waals surface area contributed by atoms with Crippen molar-refractivity contribution in [3.8, 4) is 0 Å². The molecule has 0 saturated carbocycles. The van der Waals surface area contributed by atoms with Crippen LogP contribution in [0.25, 0.3) is 0 Å². The summed E-state index contributed by atoms with van der Waals surface area (Å²) in [6.07, 6.45) is 2.13. The topological polar surface area (TPSA) is 98.3 Å². The van der Waals surface area contributed by atoms with Crippen molar-refractivity contribution in [2.24, 2.45) is 0 Å². The van der Waals surface area contributed by atoms with Gasteiger partial charge in [-0.3, -0.25) is 14.5 Å². The van der Waals surface area contributed by atoms with Crippen LogP contribution >= 0.6 is 11.3 Å². The number of carbonyl (C=O) groups excluding carboxylic acids is 2. The summed E-state index contributed by atoms with van der Waals surface area (Å²) in [6, 6.07) is -0.312. The van der Waals surface area contributed by atoms with Crippen molar-refractivity contribution in [2.45, 2.75) is 51.3 Å². The minimum absolute atomic E-state index is 0.0318. The van der Waals surface area contributed by atoms with Crippen LogP contribution in [-0.4, -0.2) is 56.9 Å². The molecule has 0 bridgehead atoms. The van der Waals surface area contributed by atoms with Gasteiger partial charge in [0.05, 0.1) is 34.5 Å². The minimum atomic E-state index is -0.646. The van der Waals surface area contributed by atoms with Crippen LogP contribution in [0.1, 0.15) is 57.1 Å². The van der Waals surface area contributed by atoms with Gasteiger partial charge in [-0.2, -0.15) is 0 Å². The second-order valence-electron chi connectivity index (χ2n) is 7.41. The number of thiazole rings is 1. The van der Waals surface area contributed by atoms with Crippen LogP contribution < -0.4 is 5.32 Å². The van der Waals surface area contributed by atoms with E-state index in [1.54, 1.807) is 16.8 Å². The predicted octanol–water partition coefficient (Wildman–Crippen LogP) is 1.66. The second-order valence-corrected chi connectivity index (χ2v) is 8.12. The van der Waals surface area contributed by atoms with Crippen LogP contribution in [0.3, 0.4) is 0 Å². The maximum Gasteiger partial charge on any atom is 0.254 e.